The number of likely N-dealkylation sites (tertiary alicyclic amines) is 1. The van der Waals surface area contributed by atoms with Gasteiger partial charge >= 0.3 is 6.03 Å². The number of hydrogen-bond acceptors (Lipinski definition) is 1. The van der Waals surface area contributed by atoms with Gasteiger partial charge in [-0.3, -0.25) is 0 Å². The molecule has 2 amide bonds. The van der Waals surface area contributed by atoms with Crippen LogP contribution in [0.15, 0.2) is 54.6 Å². The smallest absolute Gasteiger partial charge is 0.321 e. The number of amides is 2. The standard InChI is InChI=1S/C18H19FN2O/c19-16-10-4-5-11-17(16)20-18(22)21-12-6-9-15(21)13-14-7-2-1-3-8-14/h1-5,7-8,10-11,15H,6,9,12-13H2,(H,20,22). The fourth-order valence-corrected chi connectivity index (χ4v) is 2.95. The van der Waals surface area contributed by atoms with Gasteiger partial charge in [0.1, 0.15) is 5.82 Å². The number of nitrogens with one attached hydrogen (secondary N) is 1. The van der Waals surface area contributed by atoms with E-state index < -0.39 is 5.82 Å². The van der Waals surface area contributed by atoms with Crippen LogP contribution >= 0.6 is 0 Å². The molecule has 1 saturated heterocycles. The normalized spacial score (nSPS) is 17.5. The Balaban J connectivity index is 1.67. The molecule has 1 aliphatic heterocycles. The second-order valence-corrected chi connectivity index (χ2v) is 5.59. The Morgan fingerprint density at radius 1 is 1.14 bits per heavy atom. The monoisotopic (exact) mass is 298 g/mol. The molecule has 0 saturated carbocycles. The van der Waals surface area contributed by atoms with E-state index in [-0.39, 0.29) is 17.8 Å². The summed E-state index contributed by atoms with van der Waals surface area (Å²) in [6.45, 7) is 0.720. The Kier molecular flexibility index (Phi) is 4.37. The van der Waals surface area contributed by atoms with Gasteiger partial charge in [0.25, 0.3) is 0 Å². The third-order valence-electron chi connectivity index (χ3n) is 4.07. The number of anilines is 1. The minimum absolute atomic E-state index is 0.175. The van der Waals surface area contributed by atoms with Gasteiger partial charge in [-0.25, -0.2) is 9.18 Å². The van der Waals surface area contributed by atoms with Crippen LogP contribution in [0.5, 0.6) is 0 Å². The summed E-state index contributed by atoms with van der Waals surface area (Å²) < 4.78 is 13.6. The summed E-state index contributed by atoms with van der Waals surface area (Å²) in [5.41, 5.74) is 1.45. The molecule has 0 bridgehead atoms. The molecule has 22 heavy (non-hydrogen) atoms. The molecule has 1 fully saturated rings. The zero-order chi connectivity index (χ0) is 15.4. The number of para-hydroxylation sites is 1. The molecule has 0 radical (unpaired) electrons. The minimum atomic E-state index is -0.408. The lowest BCUT2D eigenvalue weighted by atomic mass is 10.0. The Labute approximate surface area is 129 Å². The van der Waals surface area contributed by atoms with Crippen LogP contribution in [0.4, 0.5) is 14.9 Å². The number of carbonyl (C=O) groups excluding carboxylic acids is 1. The highest BCUT2D eigenvalue weighted by Crippen LogP contribution is 2.23. The van der Waals surface area contributed by atoms with E-state index in [1.54, 1.807) is 18.2 Å². The lowest BCUT2D eigenvalue weighted by Crippen LogP contribution is -2.39. The van der Waals surface area contributed by atoms with Crippen LogP contribution in [0.2, 0.25) is 0 Å². The van der Waals surface area contributed by atoms with Crippen molar-refractivity contribution in [3.05, 3.63) is 66.0 Å². The third-order valence-corrected chi connectivity index (χ3v) is 4.07. The largest absolute Gasteiger partial charge is 0.322 e. The lowest BCUT2D eigenvalue weighted by molar-refractivity contribution is 0.206. The van der Waals surface area contributed by atoms with Crippen molar-refractivity contribution in [2.45, 2.75) is 25.3 Å². The second-order valence-electron chi connectivity index (χ2n) is 5.59. The van der Waals surface area contributed by atoms with Gasteiger partial charge in [-0.05, 0) is 37.0 Å². The summed E-state index contributed by atoms with van der Waals surface area (Å²) in [4.78, 5) is 14.2. The van der Waals surface area contributed by atoms with Gasteiger partial charge in [-0.15, -0.1) is 0 Å². The molecule has 1 aliphatic rings. The summed E-state index contributed by atoms with van der Waals surface area (Å²) in [7, 11) is 0. The fourth-order valence-electron chi connectivity index (χ4n) is 2.95. The van der Waals surface area contributed by atoms with Gasteiger partial charge in [-0.1, -0.05) is 42.5 Å². The minimum Gasteiger partial charge on any atom is -0.321 e. The molecule has 2 aromatic carbocycles. The molecule has 4 heteroatoms. The first-order valence-corrected chi connectivity index (χ1v) is 7.60. The summed E-state index contributed by atoms with van der Waals surface area (Å²) in [5.74, 6) is -0.408. The lowest BCUT2D eigenvalue weighted by Gasteiger charge is -2.25. The van der Waals surface area contributed by atoms with Crippen LogP contribution in [0.25, 0.3) is 0 Å². The predicted molar refractivity (Wildman–Crippen MR) is 85.3 cm³/mol. The van der Waals surface area contributed by atoms with Gasteiger partial charge in [0, 0.05) is 12.6 Å². The van der Waals surface area contributed by atoms with Crippen LogP contribution in [0.1, 0.15) is 18.4 Å². The van der Waals surface area contributed by atoms with Gasteiger partial charge < -0.3 is 10.2 Å². The molecular weight excluding hydrogens is 279 g/mol. The maximum atomic E-state index is 13.6. The zero-order valence-electron chi connectivity index (χ0n) is 12.3. The number of urea groups is 1. The first-order chi connectivity index (χ1) is 10.7. The van der Waals surface area contributed by atoms with Gasteiger partial charge in [0.05, 0.1) is 5.69 Å². The first-order valence-electron chi connectivity index (χ1n) is 7.60. The molecule has 1 heterocycles. The van der Waals surface area contributed by atoms with Crippen LogP contribution in [-0.2, 0) is 6.42 Å². The summed E-state index contributed by atoms with van der Waals surface area (Å²) >= 11 is 0. The van der Waals surface area contributed by atoms with Crippen molar-refractivity contribution in [2.75, 3.05) is 11.9 Å². The number of rotatable bonds is 3. The Morgan fingerprint density at radius 3 is 2.64 bits per heavy atom. The number of nitrogens with zero attached hydrogens (tertiary/aromatic N) is 1. The summed E-state index contributed by atoms with van der Waals surface area (Å²) in [6.07, 6.45) is 2.81. The molecule has 3 rings (SSSR count). The van der Waals surface area contributed by atoms with Crippen LogP contribution < -0.4 is 5.32 Å². The topological polar surface area (TPSA) is 32.3 Å². The van der Waals surface area contributed by atoms with Crippen molar-refractivity contribution < 1.29 is 9.18 Å². The molecule has 3 nitrogen and oxygen atoms in total. The van der Waals surface area contributed by atoms with Gasteiger partial charge in [0.2, 0.25) is 0 Å². The van der Waals surface area contributed by atoms with E-state index >= 15 is 0 Å². The summed E-state index contributed by atoms with van der Waals surface area (Å²) in [5, 5.41) is 2.68. The molecule has 1 N–H and O–H groups in total. The number of halogens is 1. The molecule has 1 unspecified atom stereocenters. The molecule has 2 aromatic rings. The van der Waals surface area contributed by atoms with Crippen molar-refractivity contribution in [1.29, 1.82) is 0 Å². The molecule has 0 aliphatic carbocycles. The quantitative estimate of drug-likeness (QED) is 0.910. The highest BCUT2D eigenvalue weighted by molar-refractivity contribution is 5.89. The highest BCUT2D eigenvalue weighted by atomic mass is 19.1. The fraction of sp³-hybridized carbons (Fsp3) is 0.278. The highest BCUT2D eigenvalue weighted by Gasteiger charge is 2.29. The second kappa shape index (κ2) is 6.60. The molecule has 0 aromatic heterocycles. The van der Waals surface area contributed by atoms with Gasteiger partial charge in [-0.2, -0.15) is 0 Å². The van der Waals surface area contributed by atoms with Gasteiger partial charge in [0.15, 0.2) is 0 Å². The van der Waals surface area contributed by atoms with E-state index in [0.717, 1.165) is 25.8 Å². The summed E-state index contributed by atoms with van der Waals surface area (Å²) in [6, 6.07) is 16.4. The molecule has 1 atom stereocenters. The van der Waals surface area contributed by atoms with Crippen molar-refractivity contribution in [3.63, 3.8) is 0 Å². The maximum absolute atomic E-state index is 13.6. The van der Waals surface area contributed by atoms with Crippen LogP contribution in [-0.4, -0.2) is 23.5 Å². The Bertz CT molecular complexity index is 645. The van der Waals surface area contributed by atoms with E-state index in [0.29, 0.717) is 0 Å². The number of benzene rings is 2. The van der Waals surface area contributed by atoms with E-state index in [2.05, 4.69) is 17.4 Å². The van der Waals surface area contributed by atoms with Crippen molar-refractivity contribution in [2.24, 2.45) is 0 Å². The maximum Gasteiger partial charge on any atom is 0.322 e. The Morgan fingerprint density at radius 2 is 1.86 bits per heavy atom. The third kappa shape index (κ3) is 3.27. The number of carbonyl (C=O) groups is 1. The van der Waals surface area contributed by atoms with E-state index in [1.165, 1.54) is 11.6 Å². The Hall–Kier alpha value is -2.36. The molecular formula is C18H19FN2O. The van der Waals surface area contributed by atoms with E-state index in [9.17, 15) is 9.18 Å². The van der Waals surface area contributed by atoms with Crippen molar-refractivity contribution in [1.82, 2.24) is 4.90 Å². The number of hydrogen-bond donors (Lipinski definition) is 1. The average molecular weight is 298 g/mol. The SMILES string of the molecule is O=C(Nc1ccccc1F)N1CCCC1Cc1ccccc1. The van der Waals surface area contributed by atoms with E-state index in [4.69, 9.17) is 0 Å². The van der Waals surface area contributed by atoms with E-state index in [1.807, 2.05) is 23.1 Å². The van der Waals surface area contributed by atoms with Crippen LogP contribution in [0, 0.1) is 5.82 Å². The first kappa shape index (κ1) is 14.6. The van der Waals surface area contributed by atoms with Crippen molar-refractivity contribution in [3.8, 4) is 0 Å². The zero-order valence-corrected chi connectivity index (χ0v) is 12.3. The molecule has 0 spiro atoms. The predicted octanol–water partition coefficient (Wildman–Crippen LogP) is 4.06. The average Bonchev–Trinajstić information content (AvgIpc) is 2.99. The van der Waals surface area contributed by atoms with Crippen molar-refractivity contribution >= 4 is 11.7 Å². The van der Waals surface area contributed by atoms with Crippen LogP contribution in [0.3, 0.4) is 0 Å². The molecule has 114 valence electrons.